The zero-order valence-electron chi connectivity index (χ0n) is 7.12. The van der Waals surface area contributed by atoms with E-state index in [0.29, 0.717) is 17.6 Å². The van der Waals surface area contributed by atoms with Crippen molar-refractivity contribution in [1.82, 2.24) is 0 Å². The van der Waals surface area contributed by atoms with Crippen molar-refractivity contribution >= 4 is 23.6 Å². The quantitative estimate of drug-likeness (QED) is 0.556. The van der Waals surface area contributed by atoms with Gasteiger partial charge in [0.2, 0.25) is 0 Å². The Kier molecular flexibility index (Phi) is 3.58. The van der Waals surface area contributed by atoms with E-state index in [1.165, 1.54) is 12.2 Å². The summed E-state index contributed by atoms with van der Waals surface area (Å²) < 4.78 is 9.65. The highest BCUT2D eigenvalue weighted by Crippen LogP contribution is 2.14. The van der Waals surface area contributed by atoms with Crippen molar-refractivity contribution in [3.8, 4) is 0 Å². The Bertz CT molecular complexity index is 314. The molecule has 0 aliphatic heterocycles. The van der Waals surface area contributed by atoms with Gasteiger partial charge in [-0.2, -0.15) is 0 Å². The summed E-state index contributed by atoms with van der Waals surface area (Å²) in [7, 11) is 0. The van der Waals surface area contributed by atoms with E-state index >= 15 is 0 Å². The normalized spacial score (nSPS) is 10.6. The van der Waals surface area contributed by atoms with Gasteiger partial charge in [-0.1, -0.05) is 0 Å². The number of esters is 1. The van der Waals surface area contributed by atoms with Crippen molar-refractivity contribution in [1.29, 1.82) is 0 Å². The van der Waals surface area contributed by atoms with Crippen LogP contribution in [0, 0.1) is 0 Å². The number of furan rings is 1. The number of halogens is 1. The zero-order valence-corrected chi connectivity index (χ0v) is 7.88. The van der Waals surface area contributed by atoms with Crippen LogP contribution in [-0.2, 0) is 9.53 Å². The molecule has 1 heterocycles. The molecule has 0 saturated carbocycles. The van der Waals surface area contributed by atoms with Gasteiger partial charge in [-0.25, -0.2) is 4.79 Å². The Balaban J connectivity index is 2.53. The van der Waals surface area contributed by atoms with Crippen molar-refractivity contribution < 1.29 is 13.9 Å². The number of ether oxygens (including phenoxy) is 1. The SMILES string of the molecule is CCOC(=O)/C=C/c1ccc(Cl)o1. The van der Waals surface area contributed by atoms with Gasteiger partial charge in [-0.05, 0) is 36.7 Å². The lowest BCUT2D eigenvalue weighted by atomic mass is 10.4. The smallest absolute Gasteiger partial charge is 0.330 e. The Morgan fingerprint density at radius 3 is 3.00 bits per heavy atom. The van der Waals surface area contributed by atoms with Crippen LogP contribution in [0.3, 0.4) is 0 Å². The maximum absolute atomic E-state index is 10.8. The second-order valence-corrected chi connectivity index (χ2v) is 2.60. The molecule has 0 bridgehead atoms. The third-order valence-corrected chi connectivity index (χ3v) is 1.47. The van der Waals surface area contributed by atoms with Gasteiger partial charge in [-0.3, -0.25) is 0 Å². The van der Waals surface area contributed by atoms with Crippen molar-refractivity contribution in [2.45, 2.75) is 6.92 Å². The number of carbonyl (C=O) groups excluding carboxylic acids is 1. The zero-order chi connectivity index (χ0) is 9.68. The average Bonchev–Trinajstić information content (AvgIpc) is 2.49. The van der Waals surface area contributed by atoms with Crippen LogP contribution < -0.4 is 0 Å². The molecule has 0 atom stereocenters. The minimum atomic E-state index is -0.393. The lowest BCUT2D eigenvalue weighted by Crippen LogP contribution is -1.98. The van der Waals surface area contributed by atoms with Gasteiger partial charge < -0.3 is 9.15 Å². The van der Waals surface area contributed by atoms with Crippen LogP contribution in [0.5, 0.6) is 0 Å². The van der Waals surface area contributed by atoms with Gasteiger partial charge in [0.15, 0.2) is 5.22 Å². The molecule has 13 heavy (non-hydrogen) atoms. The summed E-state index contributed by atoms with van der Waals surface area (Å²) in [6, 6.07) is 3.27. The van der Waals surface area contributed by atoms with E-state index in [2.05, 4.69) is 4.74 Å². The molecule has 4 heteroatoms. The van der Waals surface area contributed by atoms with Crippen LogP contribution in [0.15, 0.2) is 22.6 Å². The summed E-state index contributed by atoms with van der Waals surface area (Å²) in [6.45, 7) is 2.11. The summed E-state index contributed by atoms with van der Waals surface area (Å²) in [5, 5.41) is 0.295. The number of hydrogen-bond donors (Lipinski definition) is 0. The molecule has 0 fully saturated rings. The predicted molar refractivity (Wildman–Crippen MR) is 49.4 cm³/mol. The minimum absolute atomic E-state index is 0.295. The highest BCUT2D eigenvalue weighted by atomic mass is 35.5. The topological polar surface area (TPSA) is 39.4 Å². The number of carbonyl (C=O) groups is 1. The van der Waals surface area contributed by atoms with E-state index < -0.39 is 5.97 Å². The second-order valence-electron chi connectivity index (χ2n) is 2.23. The molecule has 0 unspecified atom stereocenters. The third-order valence-electron chi connectivity index (χ3n) is 1.26. The van der Waals surface area contributed by atoms with Crippen LogP contribution >= 0.6 is 11.6 Å². The first-order valence-electron chi connectivity index (χ1n) is 3.82. The summed E-state index contributed by atoms with van der Waals surface area (Å²) in [6.07, 6.45) is 2.79. The summed E-state index contributed by atoms with van der Waals surface area (Å²) >= 11 is 5.52. The molecule has 0 saturated heterocycles. The monoisotopic (exact) mass is 200 g/mol. The van der Waals surface area contributed by atoms with E-state index in [1.807, 2.05) is 0 Å². The van der Waals surface area contributed by atoms with Crippen LogP contribution in [-0.4, -0.2) is 12.6 Å². The van der Waals surface area contributed by atoms with Gasteiger partial charge >= 0.3 is 5.97 Å². The molecule has 0 radical (unpaired) electrons. The maximum Gasteiger partial charge on any atom is 0.330 e. The Morgan fingerprint density at radius 2 is 2.46 bits per heavy atom. The standard InChI is InChI=1S/C9H9ClO3/c1-2-12-9(11)6-4-7-3-5-8(10)13-7/h3-6H,2H2,1H3/b6-4+. The molecule has 0 amide bonds. The first-order valence-corrected chi connectivity index (χ1v) is 4.20. The maximum atomic E-state index is 10.8. The second kappa shape index (κ2) is 4.72. The summed E-state index contributed by atoms with van der Waals surface area (Å²) in [4.78, 5) is 10.8. The van der Waals surface area contributed by atoms with Crippen molar-refractivity contribution in [2.75, 3.05) is 6.61 Å². The van der Waals surface area contributed by atoms with Crippen molar-refractivity contribution in [3.05, 3.63) is 29.2 Å². The van der Waals surface area contributed by atoms with Crippen LogP contribution in [0.25, 0.3) is 6.08 Å². The lowest BCUT2D eigenvalue weighted by molar-refractivity contribution is -0.137. The number of rotatable bonds is 3. The van der Waals surface area contributed by atoms with Gasteiger partial charge in [-0.15, -0.1) is 0 Å². The molecule has 0 N–H and O–H groups in total. The number of hydrogen-bond acceptors (Lipinski definition) is 3. The average molecular weight is 201 g/mol. The molecule has 0 aliphatic carbocycles. The van der Waals surface area contributed by atoms with Crippen molar-refractivity contribution in [2.24, 2.45) is 0 Å². The molecule has 0 aliphatic rings. The van der Waals surface area contributed by atoms with Gasteiger partial charge in [0.05, 0.1) is 6.61 Å². The van der Waals surface area contributed by atoms with Gasteiger partial charge in [0.25, 0.3) is 0 Å². The van der Waals surface area contributed by atoms with Gasteiger partial charge in [0, 0.05) is 6.08 Å². The van der Waals surface area contributed by atoms with E-state index in [1.54, 1.807) is 19.1 Å². The fourth-order valence-electron chi connectivity index (χ4n) is 0.758. The lowest BCUT2D eigenvalue weighted by Gasteiger charge is -1.92. The summed E-state index contributed by atoms with van der Waals surface area (Å²) in [5.41, 5.74) is 0. The molecule has 1 rings (SSSR count). The Labute approximate surface area is 80.9 Å². The molecule has 1 aromatic rings. The molecular weight excluding hydrogens is 192 g/mol. The molecule has 3 nitrogen and oxygen atoms in total. The molecule has 1 aromatic heterocycles. The van der Waals surface area contributed by atoms with E-state index in [0.717, 1.165) is 0 Å². The third kappa shape index (κ3) is 3.34. The first kappa shape index (κ1) is 9.86. The van der Waals surface area contributed by atoms with E-state index in [9.17, 15) is 4.79 Å². The molecule has 0 spiro atoms. The first-order chi connectivity index (χ1) is 6.22. The molecule has 70 valence electrons. The van der Waals surface area contributed by atoms with E-state index in [-0.39, 0.29) is 0 Å². The van der Waals surface area contributed by atoms with Crippen LogP contribution in [0.1, 0.15) is 12.7 Å². The van der Waals surface area contributed by atoms with E-state index in [4.69, 9.17) is 16.0 Å². The van der Waals surface area contributed by atoms with Crippen molar-refractivity contribution in [3.63, 3.8) is 0 Å². The Morgan fingerprint density at radius 1 is 1.69 bits per heavy atom. The predicted octanol–water partition coefficient (Wildman–Crippen LogP) is 2.51. The molecule has 0 aromatic carbocycles. The largest absolute Gasteiger partial charge is 0.463 e. The van der Waals surface area contributed by atoms with Crippen LogP contribution in [0.4, 0.5) is 0 Å². The highest BCUT2D eigenvalue weighted by Gasteiger charge is 1.97. The summed E-state index contributed by atoms with van der Waals surface area (Å²) in [5.74, 6) is 0.132. The minimum Gasteiger partial charge on any atom is -0.463 e. The fourth-order valence-corrected chi connectivity index (χ4v) is 0.910. The molecular formula is C9H9ClO3. The fraction of sp³-hybridized carbons (Fsp3) is 0.222. The van der Waals surface area contributed by atoms with Crippen LogP contribution in [0.2, 0.25) is 5.22 Å². The Hall–Kier alpha value is -1.22. The highest BCUT2D eigenvalue weighted by molar-refractivity contribution is 6.28. The van der Waals surface area contributed by atoms with Gasteiger partial charge in [0.1, 0.15) is 5.76 Å².